The summed E-state index contributed by atoms with van der Waals surface area (Å²) in [4.78, 5) is 26.8. The maximum absolute atomic E-state index is 13.6. The van der Waals surface area contributed by atoms with Crippen LogP contribution in [0.3, 0.4) is 0 Å². The highest BCUT2D eigenvalue weighted by atomic mass is 35.5. The number of benzene rings is 3. The van der Waals surface area contributed by atoms with Gasteiger partial charge in [-0.1, -0.05) is 59.6 Å². The average Bonchev–Trinajstić information content (AvgIpc) is 2.80. The molecule has 3 aromatic carbocycles. The number of carbonyl (C=O) groups is 2. The summed E-state index contributed by atoms with van der Waals surface area (Å²) in [5.41, 5.74) is -4.86. The van der Waals surface area contributed by atoms with E-state index in [-0.39, 0.29) is 38.3 Å². The molecule has 0 saturated heterocycles. The summed E-state index contributed by atoms with van der Waals surface area (Å²) >= 11 is 12.0. The van der Waals surface area contributed by atoms with Gasteiger partial charge in [-0.15, -0.1) is 0 Å². The second-order valence-electron chi connectivity index (χ2n) is 7.61. The first-order valence-corrected chi connectivity index (χ1v) is 12.3. The van der Waals surface area contributed by atoms with Crippen molar-refractivity contribution < 1.29 is 44.5 Å². The zero-order valence-electron chi connectivity index (χ0n) is 18.1. The lowest BCUT2D eigenvalue weighted by atomic mass is 9.85. The molecule has 0 radical (unpaired) electrons. The van der Waals surface area contributed by atoms with Gasteiger partial charge in [-0.05, 0) is 35.4 Å². The molecule has 37 heavy (non-hydrogen) atoms. The van der Waals surface area contributed by atoms with Crippen LogP contribution in [0.2, 0.25) is 10.0 Å². The molecule has 14 heteroatoms. The van der Waals surface area contributed by atoms with E-state index in [0.717, 1.165) is 12.1 Å². The van der Waals surface area contributed by atoms with Crippen molar-refractivity contribution in [3.05, 3.63) is 87.7 Å². The monoisotopic (exact) mass is 577 g/mol. The number of nitrogens with zero attached hydrogens (tertiary/aromatic N) is 1. The van der Waals surface area contributed by atoms with Gasteiger partial charge >= 0.3 is 27.6 Å². The summed E-state index contributed by atoms with van der Waals surface area (Å²) < 4.78 is 83.3. The molecule has 0 saturated carbocycles. The summed E-state index contributed by atoms with van der Waals surface area (Å²) in [5.74, 6) is -4.74. The van der Waals surface area contributed by atoms with Crippen molar-refractivity contribution >= 4 is 56.6 Å². The number of hydrogen-bond donors (Lipinski definition) is 0. The molecule has 7 nitrogen and oxygen atoms in total. The van der Waals surface area contributed by atoms with Crippen LogP contribution in [0.5, 0.6) is 5.75 Å². The molecule has 4 rings (SSSR count). The fraction of sp³-hybridized carbons (Fsp3) is 0.130. The number of anilines is 2. The molecule has 0 aliphatic carbocycles. The number of para-hydroxylation sites is 2. The highest BCUT2D eigenvalue weighted by Gasteiger charge is 2.50. The Kier molecular flexibility index (Phi) is 7.10. The largest absolute Gasteiger partial charge is 0.534 e. The van der Waals surface area contributed by atoms with Crippen molar-refractivity contribution in [2.24, 2.45) is 0 Å². The van der Waals surface area contributed by atoms with Crippen LogP contribution in [0.1, 0.15) is 17.0 Å². The summed E-state index contributed by atoms with van der Waals surface area (Å²) in [7, 11) is -6.17. The third kappa shape index (κ3) is 5.22. The topological polar surface area (TPSA) is 90.0 Å². The van der Waals surface area contributed by atoms with E-state index in [1.165, 1.54) is 41.3 Å². The van der Waals surface area contributed by atoms with E-state index in [1.54, 1.807) is 12.1 Å². The van der Waals surface area contributed by atoms with Gasteiger partial charge in [0.1, 0.15) is 18.3 Å². The number of esters is 1. The Morgan fingerprint density at radius 2 is 1.41 bits per heavy atom. The zero-order chi connectivity index (χ0) is 27.1. The Bertz CT molecular complexity index is 1440. The van der Waals surface area contributed by atoms with Crippen molar-refractivity contribution in [1.82, 2.24) is 0 Å². The van der Waals surface area contributed by atoms with E-state index < -0.39 is 45.8 Å². The second-order valence-corrected chi connectivity index (χ2v) is 9.96. The van der Waals surface area contributed by atoms with Gasteiger partial charge in [-0.2, -0.15) is 21.6 Å². The molecule has 0 fully saturated rings. The number of ether oxygens (including phenoxy) is 1. The molecule has 0 bridgehead atoms. The zero-order valence-corrected chi connectivity index (χ0v) is 20.5. The molecule has 1 aliphatic heterocycles. The maximum Gasteiger partial charge on any atom is 0.534 e. The third-order valence-electron chi connectivity index (χ3n) is 5.25. The number of halogens is 6. The van der Waals surface area contributed by atoms with Gasteiger partial charge in [0.25, 0.3) is 0 Å². The summed E-state index contributed by atoms with van der Waals surface area (Å²) in [6.45, 7) is -0.930. The van der Waals surface area contributed by atoms with E-state index in [2.05, 4.69) is 4.18 Å². The smallest absolute Gasteiger partial charge is 0.423 e. The van der Waals surface area contributed by atoms with Gasteiger partial charge in [-0.25, -0.2) is 9.18 Å². The molecule has 1 heterocycles. The normalized spacial score (nSPS) is 13.5. The van der Waals surface area contributed by atoms with Gasteiger partial charge in [-0.3, -0.25) is 4.79 Å². The average molecular weight is 578 g/mol. The van der Waals surface area contributed by atoms with Gasteiger partial charge < -0.3 is 13.8 Å². The number of carbonyl (C=O) groups excluding carboxylic acids is 2. The minimum atomic E-state index is -6.17. The Balaban J connectivity index is 1.73. The van der Waals surface area contributed by atoms with Crippen LogP contribution < -0.4 is 9.64 Å². The van der Waals surface area contributed by atoms with E-state index in [4.69, 9.17) is 27.9 Å². The summed E-state index contributed by atoms with van der Waals surface area (Å²) in [6, 6.07) is 14.0. The number of rotatable bonds is 5. The molecular formula is C23H13Cl2F4NO6S. The maximum atomic E-state index is 13.6. The Morgan fingerprint density at radius 1 is 0.919 bits per heavy atom. The molecule has 1 aliphatic rings. The quantitative estimate of drug-likeness (QED) is 0.126. The first kappa shape index (κ1) is 26.7. The van der Waals surface area contributed by atoms with Gasteiger partial charge in [0.15, 0.2) is 5.75 Å². The number of hydrogen-bond acceptors (Lipinski definition) is 7. The minimum Gasteiger partial charge on any atom is -0.423 e. The lowest BCUT2D eigenvalue weighted by molar-refractivity contribution is -0.135. The predicted molar refractivity (Wildman–Crippen MR) is 125 cm³/mol. The fourth-order valence-corrected chi connectivity index (χ4v) is 4.72. The summed E-state index contributed by atoms with van der Waals surface area (Å²) in [5, 5.41) is -0.517. The second kappa shape index (κ2) is 9.84. The van der Waals surface area contributed by atoms with Crippen molar-refractivity contribution in [2.45, 2.75) is 11.4 Å². The highest BCUT2D eigenvalue weighted by molar-refractivity contribution is 7.88. The Morgan fingerprint density at radius 3 is 1.89 bits per heavy atom. The molecule has 0 aromatic heterocycles. The van der Waals surface area contributed by atoms with Gasteiger partial charge in [0, 0.05) is 11.4 Å². The fourth-order valence-electron chi connectivity index (χ4n) is 3.79. The molecule has 3 aromatic rings. The SMILES string of the molecule is O=C(CN1c2ccccc2C(C(=O)Oc2c(Cl)cc(F)cc2Cl)c2ccccc21)OS(=O)(=O)C(F)(F)F. The van der Waals surface area contributed by atoms with E-state index in [9.17, 15) is 35.6 Å². The van der Waals surface area contributed by atoms with Crippen LogP contribution >= 0.6 is 23.2 Å². The first-order valence-electron chi connectivity index (χ1n) is 10.2. The van der Waals surface area contributed by atoms with Crippen LogP contribution in [-0.2, 0) is 23.9 Å². The molecule has 0 N–H and O–H groups in total. The van der Waals surface area contributed by atoms with Crippen LogP contribution in [0.25, 0.3) is 0 Å². The van der Waals surface area contributed by atoms with E-state index >= 15 is 0 Å². The lowest BCUT2D eigenvalue weighted by Crippen LogP contribution is -2.36. The highest BCUT2D eigenvalue weighted by Crippen LogP contribution is 2.46. The van der Waals surface area contributed by atoms with Crippen LogP contribution in [0.15, 0.2) is 60.7 Å². The van der Waals surface area contributed by atoms with E-state index in [0.29, 0.717) is 0 Å². The molecule has 0 atom stereocenters. The predicted octanol–water partition coefficient (Wildman–Crippen LogP) is 5.71. The minimum absolute atomic E-state index is 0.195. The lowest BCUT2D eigenvalue weighted by Gasteiger charge is -2.36. The standard InChI is InChI=1S/C23H13Cl2F4NO6S/c24-15-9-12(26)10-16(25)21(15)35-22(32)20-13-5-1-3-7-17(13)30(18-8-4-2-6-14(18)20)11-19(31)36-37(33,34)23(27,28)29/h1-10,20H,11H2. The van der Waals surface area contributed by atoms with Crippen LogP contribution in [-0.4, -0.2) is 32.4 Å². The third-order valence-corrected chi connectivity index (χ3v) is 6.79. The summed E-state index contributed by atoms with van der Waals surface area (Å²) in [6.07, 6.45) is 0. The van der Waals surface area contributed by atoms with Crippen molar-refractivity contribution in [1.29, 1.82) is 0 Å². The Hall–Kier alpha value is -3.35. The molecule has 0 spiro atoms. The molecule has 0 unspecified atom stereocenters. The molecular weight excluding hydrogens is 565 g/mol. The van der Waals surface area contributed by atoms with Crippen molar-refractivity contribution in [2.75, 3.05) is 11.4 Å². The first-order chi connectivity index (χ1) is 17.3. The van der Waals surface area contributed by atoms with Gasteiger partial charge in [0.05, 0.1) is 10.0 Å². The van der Waals surface area contributed by atoms with Gasteiger partial charge in [0.2, 0.25) is 0 Å². The molecule has 0 amide bonds. The van der Waals surface area contributed by atoms with Crippen molar-refractivity contribution in [3.8, 4) is 5.75 Å². The number of alkyl halides is 3. The van der Waals surface area contributed by atoms with E-state index in [1.807, 2.05) is 0 Å². The van der Waals surface area contributed by atoms with Crippen LogP contribution in [0.4, 0.5) is 28.9 Å². The van der Waals surface area contributed by atoms with Crippen LogP contribution in [0, 0.1) is 5.82 Å². The molecule has 194 valence electrons. The number of fused-ring (bicyclic) bond motifs is 2. The van der Waals surface area contributed by atoms with Crippen molar-refractivity contribution in [3.63, 3.8) is 0 Å². The Labute approximate surface area is 217 Å².